The second kappa shape index (κ2) is 7.66. The normalized spacial score (nSPS) is 15.6. The standard InChI is InChI=1S/C16H23ClN2O2/c1-3-8-18-16(20)11(2)21-15-7-4-13(17)9-12(15)10-19-14-5-6-14/h4,7,9,11,14,19H,3,5-6,8,10H2,1-2H3,(H,18,20). The van der Waals surface area contributed by atoms with Crippen LogP contribution in [0.2, 0.25) is 5.02 Å². The SMILES string of the molecule is CCCNC(=O)C(C)Oc1ccc(Cl)cc1CNC1CC1. The molecule has 0 heterocycles. The van der Waals surface area contributed by atoms with Crippen LogP contribution in [0.5, 0.6) is 5.75 Å². The first-order valence-corrected chi connectivity index (χ1v) is 7.94. The summed E-state index contributed by atoms with van der Waals surface area (Å²) in [5.41, 5.74) is 0.990. The van der Waals surface area contributed by atoms with Gasteiger partial charge in [0, 0.05) is 29.7 Å². The summed E-state index contributed by atoms with van der Waals surface area (Å²) in [6.45, 7) is 5.16. The van der Waals surface area contributed by atoms with Gasteiger partial charge in [0.15, 0.2) is 6.10 Å². The molecule has 1 unspecified atom stereocenters. The molecule has 2 N–H and O–H groups in total. The molecule has 1 aliphatic rings. The average molecular weight is 311 g/mol. The number of benzene rings is 1. The predicted octanol–water partition coefficient (Wildman–Crippen LogP) is 2.89. The van der Waals surface area contributed by atoms with Gasteiger partial charge in [-0.2, -0.15) is 0 Å². The van der Waals surface area contributed by atoms with Crippen LogP contribution in [0.1, 0.15) is 38.7 Å². The van der Waals surface area contributed by atoms with Crippen molar-refractivity contribution in [3.05, 3.63) is 28.8 Å². The monoisotopic (exact) mass is 310 g/mol. The van der Waals surface area contributed by atoms with Crippen molar-refractivity contribution in [2.75, 3.05) is 6.54 Å². The van der Waals surface area contributed by atoms with Crippen LogP contribution in [-0.2, 0) is 11.3 Å². The number of hydrogen-bond donors (Lipinski definition) is 2. The van der Waals surface area contributed by atoms with E-state index in [1.54, 1.807) is 13.0 Å². The predicted molar refractivity (Wildman–Crippen MR) is 84.7 cm³/mol. The molecular formula is C16H23ClN2O2. The number of ether oxygens (including phenoxy) is 1. The molecule has 1 aromatic carbocycles. The van der Waals surface area contributed by atoms with E-state index in [1.807, 2.05) is 19.1 Å². The molecule has 0 radical (unpaired) electrons. The Balaban J connectivity index is 1.98. The minimum absolute atomic E-state index is 0.0899. The van der Waals surface area contributed by atoms with E-state index in [2.05, 4.69) is 10.6 Å². The molecule has 0 spiro atoms. The lowest BCUT2D eigenvalue weighted by molar-refractivity contribution is -0.127. The summed E-state index contributed by atoms with van der Waals surface area (Å²) in [7, 11) is 0. The second-order valence-corrected chi connectivity index (χ2v) is 5.89. The molecule has 2 rings (SSSR count). The molecule has 1 aromatic rings. The van der Waals surface area contributed by atoms with Crippen LogP contribution in [-0.4, -0.2) is 24.6 Å². The van der Waals surface area contributed by atoms with Gasteiger partial charge in [0.25, 0.3) is 5.91 Å². The summed E-state index contributed by atoms with van der Waals surface area (Å²) in [5, 5.41) is 6.95. The van der Waals surface area contributed by atoms with Gasteiger partial charge in [-0.15, -0.1) is 0 Å². The van der Waals surface area contributed by atoms with Crippen molar-refractivity contribution in [2.24, 2.45) is 0 Å². The Morgan fingerprint density at radius 1 is 1.48 bits per heavy atom. The fraction of sp³-hybridized carbons (Fsp3) is 0.562. The quantitative estimate of drug-likeness (QED) is 0.776. The van der Waals surface area contributed by atoms with Crippen LogP contribution in [0, 0.1) is 0 Å². The summed E-state index contributed by atoms with van der Waals surface area (Å²) >= 11 is 6.05. The molecule has 1 amide bonds. The lowest BCUT2D eigenvalue weighted by Crippen LogP contribution is -2.36. The first-order valence-electron chi connectivity index (χ1n) is 7.56. The first kappa shape index (κ1) is 16.1. The zero-order valence-corrected chi connectivity index (χ0v) is 13.4. The maximum absolute atomic E-state index is 11.9. The largest absolute Gasteiger partial charge is 0.481 e. The Morgan fingerprint density at radius 3 is 2.90 bits per heavy atom. The van der Waals surface area contributed by atoms with Gasteiger partial charge in [-0.25, -0.2) is 0 Å². The number of halogens is 1. The van der Waals surface area contributed by atoms with E-state index in [-0.39, 0.29) is 5.91 Å². The topological polar surface area (TPSA) is 50.4 Å². The van der Waals surface area contributed by atoms with Crippen LogP contribution in [0.4, 0.5) is 0 Å². The molecular weight excluding hydrogens is 288 g/mol. The first-order chi connectivity index (χ1) is 10.1. The number of amides is 1. The third-order valence-corrected chi connectivity index (χ3v) is 3.64. The number of rotatable bonds is 8. The number of hydrogen-bond acceptors (Lipinski definition) is 3. The van der Waals surface area contributed by atoms with Crippen LogP contribution in [0.25, 0.3) is 0 Å². The molecule has 21 heavy (non-hydrogen) atoms. The summed E-state index contributed by atoms with van der Waals surface area (Å²) in [6, 6.07) is 6.12. The third-order valence-electron chi connectivity index (χ3n) is 3.40. The number of carbonyl (C=O) groups excluding carboxylic acids is 1. The molecule has 4 nitrogen and oxygen atoms in total. The van der Waals surface area contributed by atoms with Gasteiger partial charge in [0.05, 0.1) is 0 Å². The van der Waals surface area contributed by atoms with Crippen molar-refractivity contribution in [3.63, 3.8) is 0 Å². The summed E-state index contributed by atoms with van der Waals surface area (Å²) < 4.78 is 5.80. The van der Waals surface area contributed by atoms with Crippen LogP contribution in [0.3, 0.4) is 0 Å². The molecule has 116 valence electrons. The van der Waals surface area contributed by atoms with Crippen molar-refractivity contribution in [1.29, 1.82) is 0 Å². The lowest BCUT2D eigenvalue weighted by Gasteiger charge is -2.17. The van der Waals surface area contributed by atoms with E-state index in [0.29, 0.717) is 29.9 Å². The molecule has 0 aliphatic heterocycles. The molecule has 0 saturated heterocycles. The van der Waals surface area contributed by atoms with E-state index >= 15 is 0 Å². The lowest BCUT2D eigenvalue weighted by atomic mass is 10.2. The van der Waals surface area contributed by atoms with Gasteiger partial charge >= 0.3 is 0 Å². The van der Waals surface area contributed by atoms with Crippen LogP contribution in [0.15, 0.2) is 18.2 Å². The molecule has 1 aliphatic carbocycles. The van der Waals surface area contributed by atoms with Gasteiger partial charge < -0.3 is 15.4 Å². The maximum atomic E-state index is 11.9. The summed E-state index contributed by atoms with van der Waals surface area (Å²) in [5.74, 6) is 0.625. The zero-order valence-electron chi connectivity index (χ0n) is 12.6. The van der Waals surface area contributed by atoms with Crippen molar-refractivity contribution in [2.45, 2.75) is 51.8 Å². The second-order valence-electron chi connectivity index (χ2n) is 5.46. The van der Waals surface area contributed by atoms with E-state index in [1.165, 1.54) is 12.8 Å². The highest BCUT2D eigenvalue weighted by Crippen LogP contribution is 2.26. The Morgan fingerprint density at radius 2 is 2.24 bits per heavy atom. The van der Waals surface area contributed by atoms with Gasteiger partial charge in [-0.05, 0) is 44.4 Å². The highest BCUT2D eigenvalue weighted by molar-refractivity contribution is 6.30. The molecule has 1 fully saturated rings. The highest BCUT2D eigenvalue weighted by Gasteiger charge is 2.21. The maximum Gasteiger partial charge on any atom is 0.260 e. The van der Waals surface area contributed by atoms with Crippen molar-refractivity contribution < 1.29 is 9.53 Å². The van der Waals surface area contributed by atoms with E-state index < -0.39 is 6.10 Å². The average Bonchev–Trinajstić information content (AvgIpc) is 3.29. The van der Waals surface area contributed by atoms with E-state index in [0.717, 1.165) is 12.0 Å². The van der Waals surface area contributed by atoms with Gasteiger partial charge in [-0.1, -0.05) is 18.5 Å². The van der Waals surface area contributed by atoms with Crippen molar-refractivity contribution in [1.82, 2.24) is 10.6 Å². The Hall–Kier alpha value is -1.26. The van der Waals surface area contributed by atoms with E-state index in [4.69, 9.17) is 16.3 Å². The fourth-order valence-electron chi connectivity index (χ4n) is 1.98. The molecule has 1 saturated carbocycles. The number of nitrogens with one attached hydrogen (secondary N) is 2. The summed E-state index contributed by atoms with van der Waals surface area (Å²) in [4.78, 5) is 11.9. The van der Waals surface area contributed by atoms with Gasteiger partial charge in [0.2, 0.25) is 0 Å². The van der Waals surface area contributed by atoms with Crippen molar-refractivity contribution >= 4 is 17.5 Å². The highest BCUT2D eigenvalue weighted by atomic mass is 35.5. The van der Waals surface area contributed by atoms with E-state index in [9.17, 15) is 4.79 Å². The smallest absolute Gasteiger partial charge is 0.260 e. The molecule has 5 heteroatoms. The molecule has 1 atom stereocenters. The Labute approximate surface area is 131 Å². The molecule has 0 bridgehead atoms. The Bertz CT molecular complexity index is 489. The third kappa shape index (κ3) is 5.21. The zero-order chi connectivity index (χ0) is 15.2. The number of carbonyl (C=O) groups is 1. The van der Waals surface area contributed by atoms with Gasteiger partial charge in [0.1, 0.15) is 5.75 Å². The van der Waals surface area contributed by atoms with Crippen molar-refractivity contribution in [3.8, 4) is 5.75 Å². The van der Waals surface area contributed by atoms with Gasteiger partial charge in [-0.3, -0.25) is 4.79 Å². The Kier molecular flexibility index (Phi) is 5.88. The minimum Gasteiger partial charge on any atom is -0.481 e. The summed E-state index contributed by atoms with van der Waals surface area (Å²) in [6.07, 6.45) is 2.85. The fourth-order valence-corrected chi connectivity index (χ4v) is 2.17. The molecule has 0 aromatic heterocycles. The minimum atomic E-state index is -0.516. The van der Waals surface area contributed by atoms with Crippen LogP contribution >= 0.6 is 11.6 Å². The van der Waals surface area contributed by atoms with Crippen LogP contribution < -0.4 is 15.4 Å².